The molecular formula is C22H29FIN3O2. The van der Waals surface area contributed by atoms with E-state index in [0.717, 1.165) is 48.0 Å². The van der Waals surface area contributed by atoms with Gasteiger partial charge in [0.15, 0.2) is 17.5 Å². The summed E-state index contributed by atoms with van der Waals surface area (Å²) in [5.74, 6) is 2.28. The van der Waals surface area contributed by atoms with Gasteiger partial charge in [0.2, 0.25) is 0 Å². The topological polar surface area (TPSA) is 54.9 Å². The molecular weight excluding hydrogens is 484 g/mol. The molecule has 1 aliphatic carbocycles. The molecule has 0 heterocycles. The van der Waals surface area contributed by atoms with Crippen LogP contribution in [0.15, 0.2) is 47.5 Å². The number of hydrogen-bond acceptors (Lipinski definition) is 3. The lowest BCUT2D eigenvalue weighted by Crippen LogP contribution is -2.39. The Morgan fingerprint density at radius 3 is 2.59 bits per heavy atom. The zero-order valence-electron chi connectivity index (χ0n) is 17.1. The van der Waals surface area contributed by atoms with Crippen LogP contribution in [0.3, 0.4) is 0 Å². The first kappa shape index (κ1) is 23.3. The number of nitrogens with zero attached hydrogens (tertiary/aromatic N) is 1. The maximum atomic E-state index is 14.0. The van der Waals surface area contributed by atoms with Crippen molar-refractivity contribution in [2.24, 2.45) is 4.99 Å². The van der Waals surface area contributed by atoms with E-state index in [1.54, 1.807) is 20.3 Å². The second kappa shape index (κ2) is 11.2. The van der Waals surface area contributed by atoms with Crippen molar-refractivity contribution in [2.45, 2.75) is 31.7 Å². The van der Waals surface area contributed by atoms with Gasteiger partial charge >= 0.3 is 0 Å². The predicted molar refractivity (Wildman–Crippen MR) is 125 cm³/mol. The quantitative estimate of drug-likeness (QED) is 0.317. The lowest BCUT2D eigenvalue weighted by molar-refractivity contribution is 0.354. The number of halogens is 2. The van der Waals surface area contributed by atoms with Crippen molar-refractivity contribution >= 4 is 29.9 Å². The van der Waals surface area contributed by atoms with Gasteiger partial charge in [0.25, 0.3) is 0 Å². The van der Waals surface area contributed by atoms with Gasteiger partial charge in [0, 0.05) is 25.0 Å². The van der Waals surface area contributed by atoms with Crippen LogP contribution in [0.5, 0.6) is 11.5 Å². The van der Waals surface area contributed by atoms with Crippen LogP contribution >= 0.6 is 24.0 Å². The molecule has 7 heteroatoms. The number of methoxy groups -OCH3 is 2. The van der Waals surface area contributed by atoms with Gasteiger partial charge in [-0.25, -0.2) is 4.39 Å². The van der Waals surface area contributed by atoms with Crippen molar-refractivity contribution in [1.82, 2.24) is 10.6 Å². The molecule has 0 saturated heterocycles. The Kier molecular flexibility index (Phi) is 9.00. The van der Waals surface area contributed by atoms with Crippen molar-refractivity contribution in [3.8, 4) is 11.5 Å². The molecule has 1 aliphatic rings. The lowest BCUT2D eigenvalue weighted by Gasteiger charge is -2.12. The number of rotatable bonds is 8. The minimum atomic E-state index is -0.132. The second-order valence-corrected chi connectivity index (χ2v) is 6.81. The molecule has 0 aromatic heterocycles. The minimum Gasteiger partial charge on any atom is -0.493 e. The second-order valence-electron chi connectivity index (χ2n) is 6.81. The molecule has 0 spiro atoms. The Bertz CT molecular complexity index is 831. The van der Waals surface area contributed by atoms with Crippen LogP contribution in [0.2, 0.25) is 0 Å². The third-order valence-corrected chi connectivity index (χ3v) is 4.88. The SMILES string of the molecule is CCNC(=NCCc1ccc(OC)c(OC)c1)NC1CC1c1ccccc1F.I. The molecule has 158 valence electrons. The zero-order chi connectivity index (χ0) is 19.9. The predicted octanol–water partition coefficient (Wildman–Crippen LogP) is 4.11. The highest BCUT2D eigenvalue weighted by Crippen LogP contribution is 2.41. The third-order valence-electron chi connectivity index (χ3n) is 4.88. The average molecular weight is 513 g/mol. The average Bonchev–Trinajstić information content (AvgIpc) is 3.47. The van der Waals surface area contributed by atoms with Crippen LogP contribution in [0.1, 0.15) is 30.4 Å². The molecule has 0 bridgehead atoms. The largest absolute Gasteiger partial charge is 0.493 e. The Hall–Kier alpha value is -2.03. The fraction of sp³-hybridized carbons (Fsp3) is 0.409. The summed E-state index contributed by atoms with van der Waals surface area (Å²) in [4.78, 5) is 4.67. The number of ether oxygens (including phenoxy) is 2. The highest BCUT2D eigenvalue weighted by Gasteiger charge is 2.40. The normalized spacial score (nSPS) is 17.9. The number of hydrogen-bond donors (Lipinski definition) is 2. The maximum absolute atomic E-state index is 14.0. The van der Waals surface area contributed by atoms with E-state index < -0.39 is 0 Å². The molecule has 0 aliphatic heterocycles. The lowest BCUT2D eigenvalue weighted by atomic mass is 10.1. The van der Waals surface area contributed by atoms with Gasteiger partial charge in [-0.05, 0) is 49.1 Å². The van der Waals surface area contributed by atoms with Crippen molar-refractivity contribution < 1.29 is 13.9 Å². The van der Waals surface area contributed by atoms with E-state index in [9.17, 15) is 4.39 Å². The summed E-state index contributed by atoms with van der Waals surface area (Å²) < 4.78 is 24.6. The van der Waals surface area contributed by atoms with Crippen molar-refractivity contribution in [2.75, 3.05) is 27.3 Å². The molecule has 1 fully saturated rings. The van der Waals surface area contributed by atoms with Crippen molar-refractivity contribution in [3.63, 3.8) is 0 Å². The molecule has 0 radical (unpaired) electrons. The molecule has 2 N–H and O–H groups in total. The summed E-state index contributed by atoms with van der Waals surface area (Å²) in [5, 5.41) is 6.69. The molecule has 2 aromatic carbocycles. The first-order chi connectivity index (χ1) is 13.7. The molecule has 5 nitrogen and oxygen atoms in total. The van der Waals surface area contributed by atoms with Gasteiger partial charge in [-0.3, -0.25) is 4.99 Å². The third kappa shape index (κ3) is 6.22. The van der Waals surface area contributed by atoms with Crippen LogP contribution in [-0.2, 0) is 6.42 Å². The highest BCUT2D eigenvalue weighted by molar-refractivity contribution is 14.0. The summed E-state index contributed by atoms with van der Waals surface area (Å²) in [7, 11) is 3.26. The summed E-state index contributed by atoms with van der Waals surface area (Å²) in [6.07, 6.45) is 1.71. The summed E-state index contributed by atoms with van der Waals surface area (Å²) in [6, 6.07) is 13.1. The van der Waals surface area contributed by atoms with E-state index in [1.807, 2.05) is 37.3 Å². The first-order valence-electron chi connectivity index (χ1n) is 9.66. The highest BCUT2D eigenvalue weighted by atomic mass is 127. The van der Waals surface area contributed by atoms with E-state index in [0.29, 0.717) is 6.54 Å². The van der Waals surface area contributed by atoms with Gasteiger partial charge in [0.1, 0.15) is 5.82 Å². The monoisotopic (exact) mass is 513 g/mol. The van der Waals surface area contributed by atoms with Crippen LogP contribution < -0.4 is 20.1 Å². The van der Waals surface area contributed by atoms with Crippen LogP contribution in [0.4, 0.5) is 4.39 Å². The summed E-state index contributed by atoms with van der Waals surface area (Å²) in [5.41, 5.74) is 1.91. The first-order valence-corrected chi connectivity index (χ1v) is 9.66. The Morgan fingerprint density at radius 2 is 1.90 bits per heavy atom. The van der Waals surface area contributed by atoms with Crippen LogP contribution in [-0.4, -0.2) is 39.3 Å². The van der Waals surface area contributed by atoms with Gasteiger partial charge in [-0.15, -0.1) is 24.0 Å². The maximum Gasteiger partial charge on any atom is 0.191 e. The number of aliphatic imine (C=N–C) groups is 1. The molecule has 2 unspecified atom stereocenters. The van der Waals surface area contributed by atoms with Crippen molar-refractivity contribution in [3.05, 3.63) is 59.4 Å². The molecule has 3 rings (SSSR count). The number of benzene rings is 2. The number of nitrogens with one attached hydrogen (secondary N) is 2. The fourth-order valence-electron chi connectivity index (χ4n) is 3.30. The van der Waals surface area contributed by atoms with E-state index in [4.69, 9.17) is 9.47 Å². The van der Waals surface area contributed by atoms with Crippen LogP contribution in [0.25, 0.3) is 0 Å². The van der Waals surface area contributed by atoms with Crippen LogP contribution in [0, 0.1) is 5.82 Å². The molecule has 2 atom stereocenters. The smallest absolute Gasteiger partial charge is 0.191 e. The van der Waals surface area contributed by atoms with Gasteiger partial charge in [0.05, 0.1) is 14.2 Å². The van der Waals surface area contributed by atoms with E-state index in [2.05, 4.69) is 15.6 Å². The Morgan fingerprint density at radius 1 is 1.14 bits per heavy atom. The zero-order valence-corrected chi connectivity index (χ0v) is 19.4. The summed E-state index contributed by atoms with van der Waals surface area (Å²) in [6.45, 7) is 3.45. The Balaban J connectivity index is 0.00000300. The van der Waals surface area contributed by atoms with Gasteiger partial charge in [-0.1, -0.05) is 24.3 Å². The standard InChI is InChI=1S/C22H28FN3O2.HI/c1-4-24-22(26-19-14-17(19)16-7-5-6-8-18(16)23)25-12-11-15-9-10-20(27-2)21(13-15)28-3;/h5-10,13,17,19H,4,11-12,14H2,1-3H3,(H2,24,25,26);1H. The Labute approximate surface area is 189 Å². The van der Waals surface area contributed by atoms with Gasteiger partial charge < -0.3 is 20.1 Å². The van der Waals surface area contributed by atoms with E-state index >= 15 is 0 Å². The van der Waals surface area contributed by atoms with Gasteiger partial charge in [-0.2, -0.15) is 0 Å². The van der Waals surface area contributed by atoms with E-state index in [-0.39, 0.29) is 41.8 Å². The molecule has 0 amide bonds. The van der Waals surface area contributed by atoms with Crippen molar-refractivity contribution in [1.29, 1.82) is 0 Å². The fourth-order valence-corrected chi connectivity index (χ4v) is 3.30. The summed E-state index contributed by atoms with van der Waals surface area (Å²) >= 11 is 0. The minimum absolute atomic E-state index is 0. The molecule has 2 aromatic rings. The number of guanidine groups is 1. The molecule has 29 heavy (non-hydrogen) atoms. The molecule has 1 saturated carbocycles. The van der Waals surface area contributed by atoms with E-state index in [1.165, 1.54) is 6.07 Å².